The van der Waals surface area contributed by atoms with Gasteiger partial charge < -0.3 is 10.2 Å². The smallest absolute Gasteiger partial charge is 0.241 e. The zero-order valence-electron chi connectivity index (χ0n) is 12.0. The molecule has 5 heteroatoms. The van der Waals surface area contributed by atoms with Crippen LogP contribution >= 0.6 is 0 Å². The molecule has 1 aromatic carbocycles. The van der Waals surface area contributed by atoms with Crippen LogP contribution in [0.5, 0.6) is 0 Å². The molecule has 1 atom stereocenters. The molecular formula is C16H20N4O. The van der Waals surface area contributed by atoms with Crippen molar-refractivity contribution in [3.05, 3.63) is 48.8 Å². The molecule has 1 N–H and O–H groups in total. The predicted molar refractivity (Wildman–Crippen MR) is 82.0 cm³/mol. The zero-order valence-corrected chi connectivity index (χ0v) is 12.0. The van der Waals surface area contributed by atoms with Gasteiger partial charge in [0, 0.05) is 37.2 Å². The number of benzene rings is 1. The molecule has 1 aliphatic rings. The number of nitrogens with zero attached hydrogens (tertiary/aromatic N) is 3. The Morgan fingerprint density at radius 1 is 1.29 bits per heavy atom. The van der Waals surface area contributed by atoms with E-state index in [9.17, 15) is 4.79 Å². The highest BCUT2D eigenvalue weighted by molar-refractivity contribution is 5.75. The van der Waals surface area contributed by atoms with Crippen molar-refractivity contribution in [1.29, 1.82) is 0 Å². The monoisotopic (exact) mass is 284 g/mol. The van der Waals surface area contributed by atoms with Crippen LogP contribution in [0, 0.1) is 0 Å². The minimum atomic E-state index is 0.0126. The van der Waals surface area contributed by atoms with Gasteiger partial charge >= 0.3 is 0 Å². The van der Waals surface area contributed by atoms with E-state index < -0.39 is 0 Å². The summed E-state index contributed by atoms with van der Waals surface area (Å²) in [6.45, 7) is 2.03. The maximum absolute atomic E-state index is 11.9. The minimum Gasteiger partial charge on any atom is -0.367 e. The van der Waals surface area contributed by atoms with E-state index in [1.54, 1.807) is 17.1 Å². The summed E-state index contributed by atoms with van der Waals surface area (Å²) in [5.74, 6) is 0.0126. The number of nitrogens with one attached hydrogen (secondary N) is 1. The van der Waals surface area contributed by atoms with Crippen LogP contribution in [0.1, 0.15) is 12.8 Å². The Hall–Kier alpha value is -2.30. The van der Waals surface area contributed by atoms with Crippen molar-refractivity contribution in [1.82, 2.24) is 15.1 Å². The average Bonchev–Trinajstić information content (AvgIpc) is 3.17. The van der Waals surface area contributed by atoms with Gasteiger partial charge in [0.1, 0.15) is 6.54 Å². The van der Waals surface area contributed by atoms with Gasteiger partial charge in [-0.2, -0.15) is 5.10 Å². The summed E-state index contributed by atoms with van der Waals surface area (Å²) in [6.07, 6.45) is 5.78. The SMILES string of the molecule is O=C(Cn1cccn1)NCC1CCCN1c1ccccc1. The van der Waals surface area contributed by atoms with Gasteiger partial charge in [0.25, 0.3) is 0 Å². The number of anilines is 1. The second-order valence-electron chi connectivity index (χ2n) is 5.33. The molecule has 1 aromatic heterocycles. The van der Waals surface area contributed by atoms with E-state index in [0.717, 1.165) is 13.0 Å². The van der Waals surface area contributed by atoms with Crippen LogP contribution in [0.3, 0.4) is 0 Å². The van der Waals surface area contributed by atoms with Crippen LogP contribution in [-0.4, -0.2) is 34.8 Å². The molecule has 0 aliphatic carbocycles. The number of carbonyl (C=O) groups is 1. The van der Waals surface area contributed by atoms with Gasteiger partial charge in [-0.15, -0.1) is 0 Å². The van der Waals surface area contributed by atoms with Crippen LogP contribution in [0.2, 0.25) is 0 Å². The fraction of sp³-hybridized carbons (Fsp3) is 0.375. The lowest BCUT2D eigenvalue weighted by Crippen LogP contribution is -2.41. The van der Waals surface area contributed by atoms with E-state index in [1.807, 2.05) is 12.1 Å². The van der Waals surface area contributed by atoms with E-state index in [-0.39, 0.29) is 12.5 Å². The quantitative estimate of drug-likeness (QED) is 0.908. The topological polar surface area (TPSA) is 50.2 Å². The van der Waals surface area contributed by atoms with E-state index in [4.69, 9.17) is 0 Å². The van der Waals surface area contributed by atoms with Crippen LogP contribution < -0.4 is 10.2 Å². The third-order valence-corrected chi connectivity index (χ3v) is 3.86. The summed E-state index contributed by atoms with van der Waals surface area (Å²) in [5.41, 5.74) is 1.24. The highest BCUT2D eigenvalue weighted by Crippen LogP contribution is 2.24. The molecule has 1 fully saturated rings. The Kier molecular flexibility index (Phi) is 4.19. The molecule has 1 saturated heterocycles. The van der Waals surface area contributed by atoms with Crippen molar-refractivity contribution in [2.75, 3.05) is 18.0 Å². The summed E-state index contributed by atoms with van der Waals surface area (Å²) < 4.78 is 1.64. The van der Waals surface area contributed by atoms with Crippen LogP contribution in [0.25, 0.3) is 0 Å². The molecule has 21 heavy (non-hydrogen) atoms. The third kappa shape index (κ3) is 3.42. The first-order valence-corrected chi connectivity index (χ1v) is 7.39. The molecule has 1 amide bonds. The fourth-order valence-electron chi connectivity index (χ4n) is 2.84. The summed E-state index contributed by atoms with van der Waals surface area (Å²) in [7, 11) is 0. The molecule has 3 rings (SSSR count). The molecule has 0 bridgehead atoms. The molecule has 1 aliphatic heterocycles. The van der Waals surface area contributed by atoms with Gasteiger partial charge in [-0.1, -0.05) is 18.2 Å². The molecule has 2 heterocycles. The highest BCUT2D eigenvalue weighted by atomic mass is 16.2. The van der Waals surface area contributed by atoms with Crippen molar-refractivity contribution in [2.24, 2.45) is 0 Å². The lowest BCUT2D eigenvalue weighted by atomic mass is 10.2. The Morgan fingerprint density at radius 3 is 2.90 bits per heavy atom. The van der Waals surface area contributed by atoms with E-state index in [1.165, 1.54) is 12.1 Å². The van der Waals surface area contributed by atoms with Crippen LogP contribution in [0.4, 0.5) is 5.69 Å². The third-order valence-electron chi connectivity index (χ3n) is 3.86. The summed E-state index contributed by atoms with van der Waals surface area (Å²) in [6, 6.07) is 12.6. The lowest BCUT2D eigenvalue weighted by molar-refractivity contribution is -0.121. The van der Waals surface area contributed by atoms with Crippen molar-refractivity contribution in [2.45, 2.75) is 25.4 Å². The number of amides is 1. The Bertz CT molecular complexity index is 567. The van der Waals surface area contributed by atoms with Crippen molar-refractivity contribution in [3.63, 3.8) is 0 Å². The lowest BCUT2D eigenvalue weighted by Gasteiger charge is -2.27. The van der Waals surface area contributed by atoms with Crippen LogP contribution in [-0.2, 0) is 11.3 Å². The molecular weight excluding hydrogens is 264 g/mol. The Labute approximate surface area is 124 Å². The number of hydrogen-bond donors (Lipinski definition) is 1. The van der Waals surface area contributed by atoms with Crippen molar-refractivity contribution in [3.8, 4) is 0 Å². The molecule has 0 spiro atoms. The van der Waals surface area contributed by atoms with Gasteiger partial charge in [-0.05, 0) is 31.0 Å². The Balaban J connectivity index is 1.53. The van der Waals surface area contributed by atoms with Gasteiger partial charge in [0.2, 0.25) is 5.91 Å². The van der Waals surface area contributed by atoms with E-state index in [2.05, 4.69) is 39.6 Å². The fourth-order valence-corrected chi connectivity index (χ4v) is 2.84. The average molecular weight is 284 g/mol. The van der Waals surface area contributed by atoms with E-state index >= 15 is 0 Å². The number of aromatic nitrogens is 2. The molecule has 110 valence electrons. The van der Waals surface area contributed by atoms with Gasteiger partial charge in [0.15, 0.2) is 0 Å². The maximum Gasteiger partial charge on any atom is 0.241 e. The molecule has 1 unspecified atom stereocenters. The summed E-state index contributed by atoms with van der Waals surface area (Å²) in [4.78, 5) is 14.3. The van der Waals surface area contributed by atoms with E-state index in [0.29, 0.717) is 12.6 Å². The predicted octanol–water partition coefficient (Wildman–Crippen LogP) is 1.67. The second-order valence-corrected chi connectivity index (χ2v) is 5.33. The second kappa shape index (κ2) is 6.43. The minimum absolute atomic E-state index is 0.0126. The largest absolute Gasteiger partial charge is 0.367 e. The maximum atomic E-state index is 11.9. The molecule has 5 nitrogen and oxygen atoms in total. The first-order valence-electron chi connectivity index (χ1n) is 7.39. The standard InChI is InChI=1S/C16H20N4O/c21-16(13-19-10-5-9-18-19)17-12-15-8-4-11-20(15)14-6-2-1-3-7-14/h1-3,5-7,9-10,15H,4,8,11-13H2,(H,17,21). The van der Waals surface area contributed by atoms with Gasteiger partial charge in [0.05, 0.1) is 0 Å². The van der Waals surface area contributed by atoms with Crippen molar-refractivity contribution < 1.29 is 4.79 Å². The first kappa shape index (κ1) is 13.7. The number of rotatable bonds is 5. The Morgan fingerprint density at radius 2 is 2.14 bits per heavy atom. The van der Waals surface area contributed by atoms with Crippen molar-refractivity contribution >= 4 is 11.6 Å². The summed E-state index contributed by atoms with van der Waals surface area (Å²) in [5, 5.41) is 7.07. The first-order chi connectivity index (χ1) is 10.3. The summed E-state index contributed by atoms with van der Waals surface area (Å²) >= 11 is 0. The molecule has 2 aromatic rings. The number of para-hydroxylation sites is 1. The number of carbonyl (C=O) groups excluding carboxylic acids is 1. The molecule has 0 saturated carbocycles. The van der Waals surface area contributed by atoms with Gasteiger partial charge in [-0.3, -0.25) is 9.48 Å². The van der Waals surface area contributed by atoms with Crippen LogP contribution in [0.15, 0.2) is 48.8 Å². The highest BCUT2D eigenvalue weighted by Gasteiger charge is 2.24. The molecule has 0 radical (unpaired) electrons. The normalized spacial score (nSPS) is 17.9. The van der Waals surface area contributed by atoms with Gasteiger partial charge in [-0.25, -0.2) is 0 Å². The zero-order chi connectivity index (χ0) is 14.5. The number of hydrogen-bond acceptors (Lipinski definition) is 3.